The number of hydrogen-bond acceptors (Lipinski definition) is 8. The molecule has 38 heavy (non-hydrogen) atoms. The fourth-order valence-corrected chi connectivity index (χ4v) is 5.66. The number of halogens is 3. The van der Waals surface area contributed by atoms with Crippen LogP contribution < -0.4 is 10.2 Å². The van der Waals surface area contributed by atoms with E-state index in [-0.39, 0.29) is 12.6 Å². The molecular weight excluding hydrogens is 517 g/mol. The maximum absolute atomic E-state index is 12.8. The van der Waals surface area contributed by atoms with Gasteiger partial charge in [-0.05, 0) is 49.8 Å². The van der Waals surface area contributed by atoms with Crippen LogP contribution >= 0.6 is 11.3 Å². The van der Waals surface area contributed by atoms with Crippen LogP contribution in [-0.4, -0.2) is 71.4 Å². The Morgan fingerprint density at radius 3 is 2.74 bits per heavy atom. The lowest BCUT2D eigenvalue weighted by atomic mass is 10.1. The summed E-state index contributed by atoms with van der Waals surface area (Å²) in [5.74, 6) is 0.703. The summed E-state index contributed by atoms with van der Waals surface area (Å²) in [6.45, 7) is 7.94. The minimum atomic E-state index is -4.35. The van der Waals surface area contributed by atoms with Crippen LogP contribution in [0.5, 0.6) is 5.75 Å². The number of hydroxylamine groups is 1. The first kappa shape index (κ1) is 26.9. The van der Waals surface area contributed by atoms with Gasteiger partial charge in [-0.15, -0.1) is 11.3 Å². The SMILES string of the molecule is Cc1nc2cc(OCC(O)CN3CCN(CC4=CC(c5ccc(C(F)(F)F)cc5)ON4)C[C@@H]3C)ccc2s1. The third-order valence-corrected chi connectivity index (χ3v) is 7.78. The number of fused-ring (bicyclic) bond motifs is 1. The second-order valence-corrected chi connectivity index (χ2v) is 11.1. The maximum atomic E-state index is 12.8. The summed E-state index contributed by atoms with van der Waals surface area (Å²) in [5.41, 5.74) is 4.71. The van der Waals surface area contributed by atoms with Crippen LogP contribution in [0.1, 0.15) is 29.2 Å². The minimum Gasteiger partial charge on any atom is -0.491 e. The van der Waals surface area contributed by atoms with Gasteiger partial charge in [-0.25, -0.2) is 4.98 Å². The van der Waals surface area contributed by atoms with Crippen molar-refractivity contribution in [1.82, 2.24) is 20.3 Å². The third-order valence-electron chi connectivity index (χ3n) is 6.83. The quantitative estimate of drug-likeness (QED) is 0.429. The highest BCUT2D eigenvalue weighted by atomic mass is 32.1. The van der Waals surface area contributed by atoms with Crippen LogP contribution in [-0.2, 0) is 11.0 Å². The maximum Gasteiger partial charge on any atom is 0.416 e. The minimum absolute atomic E-state index is 0.209. The largest absolute Gasteiger partial charge is 0.491 e. The predicted octanol–water partition coefficient (Wildman–Crippen LogP) is 4.53. The lowest BCUT2D eigenvalue weighted by Gasteiger charge is -2.40. The molecule has 3 aromatic rings. The van der Waals surface area contributed by atoms with Gasteiger partial charge in [0.1, 0.15) is 24.6 Å². The van der Waals surface area contributed by atoms with E-state index >= 15 is 0 Å². The van der Waals surface area contributed by atoms with E-state index in [1.54, 1.807) is 11.3 Å². The van der Waals surface area contributed by atoms with E-state index in [4.69, 9.17) is 9.57 Å². The van der Waals surface area contributed by atoms with Gasteiger partial charge in [0.05, 0.1) is 26.5 Å². The summed E-state index contributed by atoms with van der Waals surface area (Å²) in [4.78, 5) is 14.6. The van der Waals surface area contributed by atoms with E-state index in [2.05, 4.69) is 27.2 Å². The van der Waals surface area contributed by atoms with Crippen molar-refractivity contribution in [2.75, 3.05) is 39.3 Å². The molecule has 0 aliphatic carbocycles. The third kappa shape index (κ3) is 6.47. The molecule has 204 valence electrons. The lowest BCUT2D eigenvalue weighted by molar-refractivity contribution is -0.137. The number of benzene rings is 2. The van der Waals surface area contributed by atoms with Crippen LogP contribution in [0.2, 0.25) is 0 Å². The van der Waals surface area contributed by atoms with Crippen LogP contribution in [0.3, 0.4) is 0 Å². The summed E-state index contributed by atoms with van der Waals surface area (Å²) in [5, 5.41) is 11.6. The number of rotatable bonds is 8. The topological polar surface area (TPSA) is 70.1 Å². The number of aromatic nitrogens is 1. The molecule has 0 radical (unpaired) electrons. The molecule has 0 bridgehead atoms. The highest BCUT2D eigenvalue weighted by molar-refractivity contribution is 7.18. The first-order valence-electron chi connectivity index (χ1n) is 12.6. The molecule has 7 nitrogen and oxygen atoms in total. The molecular formula is C27H31F3N4O3S. The Bertz CT molecular complexity index is 1280. The predicted molar refractivity (Wildman–Crippen MR) is 140 cm³/mol. The van der Waals surface area contributed by atoms with Gasteiger partial charge in [-0.1, -0.05) is 12.1 Å². The summed E-state index contributed by atoms with van der Waals surface area (Å²) < 4.78 is 45.4. The van der Waals surface area contributed by atoms with Gasteiger partial charge in [0, 0.05) is 44.8 Å². The Morgan fingerprint density at radius 1 is 1.21 bits per heavy atom. The lowest BCUT2D eigenvalue weighted by Crippen LogP contribution is -2.54. The van der Waals surface area contributed by atoms with E-state index in [9.17, 15) is 18.3 Å². The van der Waals surface area contributed by atoms with Gasteiger partial charge in [-0.3, -0.25) is 20.1 Å². The first-order valence-corrected chi connectivity index (χ1v) is 13.4. The van der Waals surface area contributed by atoms with E-state index < -0.39 is 23.9 Å². The Hall–Kier alpha value is -2.70. The average molecular weight is 549 g/mol. The van der Waals surface area contributed by atoms with Gasteiger partial charge in [-0.2, -0.15) is 13.2 Å². The molecule has 3 atom stereocenters. The standard InChI is InChI=1S/C27H31F3N4O3S/c1-17-13-33(14-21-11-25(37-32-21)19-3-5-20(6-4-19)27(28,29)30)9-10-34(17)15-22(35)16-36-23-7-8-26-24(12-23)31-18(2)38-26/h3-8,11-12,17,22,25,32,35H,9-10,13-16H2,1-2H3/t17-,22?,25?/m0/s1. The van der Waals surface area contributed by atoms with Gasteiger partial charge < -0.3 is 9.84 Å². The molecule has 5 rings (SSSR count). The molecule has 0 spiro atoms. The number of piperazine rings is 1. The molecule has 3 heterocycles. The van der Waals surface area contributed by atoms with Crippen LogP contribution in [0, 0.1) is 6.92 Å². The Balaban J connectivity index is 1.07. The second kappa shape index (κ2) is 11.2. The summed E-state index contributed by atoms with van der Waals surface area (Å²) in [6, 6.07) is 11.1. The zero-order chi connectivity index (χ0) is 26.9. The molecule has 2 N–H and O–H groups in total. The fourth-order valence-electron chi connectivity index (χ4n) is 4.86. The monoisotopic (exact) mass is 548 g/mol. The van der Waals surface area contributed by atoms with E-state index in [1.807, 2.05) is 31.2 Å². The smallest absolute Gasteiger partial charge is 0.416 e. The van der Waals surface area contributed by atoms with Crippen LogP contribution in [0.25, 0.3) is 10.2 Å². The number of hydrogen-bond donors (Lipinski definition) is 2. The number of thiazole rings is 1. The number of nitrogens with zero attached hydrogens (tertiary/aromatic N) is 3. The van der Waals surface area contributed by atoms with E-state index in [0.717, 1.165) is 52.7 Å². The highest BCUT2D eigenvalue weighted by Gasteiger charge is 2.31. The Labute approximate surface area is 223 Å². The molecule has 2 aromatic carbocycles. The second-order valence-electron chi connectivity index (χ2n) is 9.86. The van der Waals surface area contributed by atoms with Crippen molar-refractivity contribution in [2.45, 2.75) is 38.3 Å². The molecule has 1 aromatic heterocycles. The van der Waals surface area contributed by atoms with Crippen molar-refractivity contribution < 1.29 is 27.9 Å². The Morgan fingerprint density at radius 2 is 2.00 bits per heavy atom. The molecule has 1 fully saturated rings. The van der Waals surface area contributed by atoms with Gasteiger partial charge >= 0.3 is 6.18 Å². The number of aryl methyl sites for hydroxylation is 1. The first-order chi connectivity index (χ1) is 18.1. The zero-order valence-corrected chi connectivity index (χ0v) is 22.1. The average Bonchev–Trinajstić information content (AvgIpc) is 3.49. The van der Waals surface area contributed by atoms with Crippen molar-refractivity contribution in [3.63, 3.8) is 0 Å². The van der Waals surface area contributed by atoms with Crippen LogP contribution in [0.15, 0.2) is 54.2 Å². The zero-order valence-electron chi connectivity index (χ0n) is 21.2. The highest BCUT2D eigenvalue weighted by Crippen LogP contribution is 2.32. The van der Waals surface area contributed by atoms with Crippen molar-refractivity contribution in [3.8, 4) is 5.75 Å². The van der Waals surface area contributed by atoms with E-state index in [0.29, 0.717) is 24.4 Å². The summed E-state index contributed by atoms with van der Waals surface area (Å²) in [7, 11) is 0. The number of aliphatic hydroxyl groups excluding tert-OH is 1. The van der Waals surface area contributed by atoms with Crippen molar-refractivity contribution >= 4 is 21.6 Å². The van der Waals surface area contributed by atoms with Crippen molar-refractivity contribution in [1.29, 1.82) is 0 Å². The number of ether oxygens (including phenoxy) is 1. The molecule has 11 heteroatoms. The molecule has 1 saturated heterocycles. The van der Waals surface area contributed by atoms with Crippen molar-refractivity contribution in [2.24, 2.45) is 0 Å². The fraction of sp³-hybridized carbons (Fsp3) is 0.444. The molecule has 2 aliphatic heterocycles. The molecule has 2 aliphatic rings. The molecule has 0 amide bonds. The summed E-state index contributed by atoms with van der Waals surface area (Å²) >= 11 is 1.64. The Kier molecular flexibility index (Phi) is 7.92. The van der Waals surface area contributed by atoms with Gasteiger partial charge in [0.15, 0.2) is 0 Å². The number of aliphatic hydroxyl groups is 1. The number of alkyl halides is 3. The molecule has 2 unspecified atom stereocenters. The van der Waals surface area contributed by atoms with Gasteiger partial charge in [0.2, 0.25) is 0 Å². The van der Waals surface area contributed by atoms with Crippen molar-refractivity contribution in [3.05, 3.63) is 70.4 Å². The number of nitrogens with one attached hydrogen (secondary N) is 1. The molecule has 0 saturated carbocycles. The van der Waals surface area contributed by atoms with Crippen LogP contribution in [0.4, 0.5) is 13.2 Å². The normalized spacial score (nSPS) is 21.9. The van der Waals surface area contributed by atoms with Gasteiger partial charge in [0.25, 0.3) is 0 Å². The summed E-state index contributed by atoms with van der Waals surface area (Å²) in [6.07, 6.45) is -3.49. The number of β-amino-alcohol motifs (C(OH)–C–C–N with tert-alkyl or cyclic N) is 1. The van der Waals surface area contributed by atoms with E-state index in [1.165, 1.54) is 12.1 Å².